The highest BCUT2D eigenvalue weighted by Gasteiger charge is 2.15. The Morgan fingerprint density at radius 2 is 1.93 bits per heavy atom. The number of nitro groups is 1. The Balaban J connectivity index is 1.55. The van der Waals surface area contributed by atoms with Crippen molar-refractivity contribution in [2.24, 2.45) is 0 Å². The lowest BCUT2D eigenvalue weighted by molar-refractivity contribution is -0.384. The molecule has 0 saturated carbocycles. The molecule has 0 radical (unpaired) electrons. The number of rotatable bonds is 7. The average molecular weight is 385 g/mol. The van der Waals surface area contributed by atoms with Gasteiger partial charge in [-0.2, -0.15) is 0 Å². The number of ether oxygens (including phenoxy) is 1. The summed E-state index contributed by atoms with van der Waals surface area (Å²) in [6, 6.07) is 12.5. The van der Waals surface area contributed by atoms with Crippen molar-refractivity contribution in [3.63, 3.8) is 0 Å². The summed E-state index contributed by atoms with van der Waals surface area (Å²) in [5.41, 5.74) is 1.41. The van der Waals surface area contributed by atoms with Crippen LogP contribution in [0.25, 0.3) is 0 Å². The second-order valence-corrected chi connectivity index (χ2v) is 6.64. The molecular weight excluding hydrogens is 362 g/mol. The SMILES string of the molecule is O=C(Nc1ccc(C(O)CCN2CCOCC2)cc1)c1cccc([N+](=O)[O-])c1. The molecule has 1 heterocycles. The van der Waals surface area contributed by atoms with Gasteiger partial charge in [0, 0.05) is 43.0 Å². The van der Waals surface area contributed by atoms with Crippen LogP contribution < -0.4 is 5.32 Å². The van der Waals surface area contributed by atoms with Gasteiger partial charge in [0.2, 0.25) is 0 Å². The fourth-order valence-corrected chi connectivity index (χ4v) is 3.05. The highest BCUT2D eigenvalue weighted by molar-refractivity contribution is 6.04. The number of non-ortho nitro benzene ring substituents is 1. The number of hydrogen-bond donors (Lipinski definition) is 2. The third kappa shape index (κ3) is 5.35. The van der Waals surface area contributed by atoms with Crippen molar-refractivity contribution in [2.45, 2.75) is 12.5 Å². The van der Waals surface area contributed by atoms with Crippen molar-refractivity contribution < 1.29 is 19.6 Å². The summed E-state index contributed by atoms with van der Waals surface area (Å²) in [5.74, 6) is -0.427. The number of carbonyl (C=O) groups is 1. The fourth-order valence-electron chi connectivity index (χ4n) is 3.05. The number of nitrogens with zero attached hydrogens (tertiary/aromatic N) is 2. The molecule has 1 aliphatic heterocycles. The smallest absolute Gasteiger partial charge is 0.270 e. The molecule has 1 aliphatic rings. The van der Waals surface area contributed by atoms with Crippen molar-refractivity contribution in [3.05, 3.63) is 69.8 Å². The van der Waals surface area contributed by atoms with Crippen LogP contribution in [0.2, 0.25) is 0 Å². The second kappa shape index (κ2) is 9.41. The van der Waals surface area contributed by atoms with E-state index in [4.69, 9.17) is 4.74 Å². The summed E-state index contributed by atoms with van der Waals surface area (Å²) in [5, 5.41) is 23.9. The maximum atomic E-state index is 12.3. The summed E-state index contributed by atoms with van der Waals surface area (Å²) in [7, 11) is 0. The van der Waals surface area contributed by atoms with E-state index < -0.39 is 16.9 Å². The molecular formula is C20H23N3O5. The minimum Gasteiger partial charge on any atom is -0.388 e. The van der Waals surface area contributed by atoms with Gasteiger partial charge in [0.1, 0.15) is 0 Å². The van der Waals surface area contributed by atoms with Crippen molar-refractivity contribution in [1.82, 2.24) is 4.90 Å². The van der Waals surface area contributed by atoms with Crippen LogP contribution in [0.5, 0.6) is 0 Å². The van der Waals surface area contributed by atoms with E-state index in [-0.39, 0.29) is 11.3 Å². The molecule has 0 spiro atoms. The highest BCUT2D eigenvalue weighted by Crippen LogP contribution is 2.21. The lowest BCUT2D eigenvalue weighted by Gasteiger charge is -2.27. The van der Waals surface area contributed by atoms with Crippen LogP contribution in [0.15, 0.2) is 48.5 Å². The molecule has 8 nitrogen and oxygen atoms in total. The van der Waals surface area contributed by atoms with E-state index in [1.165, 1.54) is 24.3 Å². The van der Waals surface area contributed by atoms with E-state index in [0.717, 1.165) is 38.4 Å². The van der Waals surface area contributed by atoms with E-state index >= 15 is 0 Å². The first kappa shape index (κ1) is 19.9. The van der Waals surface area contributed by atoms with Crippen molar-refractivity contribution in [1.29, 1.82) is 0 Å². The maximum absolute atomic E-state index is 12.3. The van der Waals surface area contributed by atoms with Crippen LogP contribution in [0, 0.1) is 10.1 Å². The van der Waals surface area contributed by atoms with Crippen molar-refractivity contribution >= 4 is 17.3 Å². The zero-order chi connectivity index (χ0) is 19.9. The summed E-state index contributed by atoms with van der Waals surface area (Å²) < 4.78 is 5.31. The lowest BCUT2D eigenvalue weighted by atomic mass is 10.1. The summed E-state index contributed by atoms with van der Waals surface area (Å²) >= 11 is 0. The van der Waals surface area contributed by atoms with E-state index in [2.05, 4.69) is 10.2 Å². The van der Waals surface area contributed by atoms with E-state index in [9.17, 15) is 20.0 Å². The van der Waals surface area contributed by atoms with Gasteiger partial charge >= 0.3 is 0 Å². The Morgan fingerprint density at radius 3 is 2.61 bits per heavy atom. The molecule has 8 heteroatoms. The number of carbonyl (C=O) groups excluding carboxylic acids is 1. The number of nitro benzene ring substituents is 1. The normalized spacial score (nSPS) is 15.8. The third-order valence-corrected chi connectivity index (χ3v) is 4.69. The molecule has 1 unspecified atom stereocenters. The maximum Gasteiger partial charge on any atom is 0.270 e. The lowest BCUT2D eigenvalue weighted by Crippen LogP contribution is -2.37. The average Bonchev–Trinajstić information content (AvgIpc) is 2.73. The zero-order valence-electron chi connectivity index (χ0n) is 15.4. The quantitative estimate of drug-likeness (QED) is 0.561. The minimum absolute atomic E-state index is 0.133. The molecule has 0 aliphatic carbocycles. The van der Waals surface area contributed by atoms with Crippen LogP contribution >= 0.6 is 0 Å². The standard InChI is InChI=1S/C20H23N3O5/c24-19(8-9-22-10-12-28-13-11-22)15-4-6-17(7-5-15)21-20(25)16-2-1-3-18(14-16)23(26)27/h1-7,14,19,24H,8-13H2,(H,21,25). The number of amides is 1. The Labute approximate surface area is 162 Å². The van der Waals surface area contributed by atoms with E-state index in [0.29, 0.717) is 12.1 Å². The van der Waals surface area contributed by atoms with Gasteiger partial charge in [-0.15, -0.1) is 0 Å². The van der Waals surface area contributed by atoms with Gasteiger partial charge in [-0.25, -0.2) is 0 Å². The molecule has 3 rings (SSSR count). The Kier molecular flexibility index (Phi) is 6.70. The molecule has 2 aromatic carbocycles. The zero-order valence-corrected chi connectivity index (χ0v) is 15.4. The second-order valence-electron chi connectivity index (χ2n) is 6.64. The number of aliphatic hydroxyl groups is 1. The van der Waals surface area contributed by atoms with Gasteiger partial charge in [-0.05, 0) is 30.2 Å². The molecule has 1 fully saturated rings. The topological polar surface area (TPSA) is 105 Å². The van der Waals surface area contributed by atoms with Crippen molar-refractivity contribution in [2.75, 3.05) is 38.2 Å². The molecule has 1 saturated heterocycles. The summed E-state index contributed by atoms with van der Waals surface area (Å²) in [6.07, 6.45) is 0.0451. The third-order valence-electron chi connectivity index (χ3n) is 4.69. The largest absolute Gasteiger partial charge is 0.388 e. The van der Waals surface area contributed by atoms with Crippen LogP contribution in [-0.4, -0.2) is 53.7 Å². The molecule has 0 bridgehead atoms. The molecule has 2 aromatic rings. The summed E-state index contributed by atoms with van der Waals surface area (Å²) in [6.45, 7) is 4.03. The van der Waals surface area contributed by atoms with E-state index in [1.54, 1.807) is 24.3 Å². The molecule has 1 atom stereocenters. The van der Waals surface area contributed by atoms with Gasteiger partial charge in [0.05, 0.1) is 24.2 Å². The highest BCUT2D eigenvalue weighted by atomic mass is 16.6. The first-order valence-electron chi connectivity index (χ1n) is 9.17. The van der Waals surface area contributed by atoms with Crippen molar-refractivity contribution in [3.8, 4) is 0 Å². The Bertz CT molecular complexity index is 819. The molecule has 2 N–H and O–H groups in total. The van der Waals surface area contributed by atoms with Gasteiger partial charge < -0.3 is 15.2 Å². The van der Waals surface area contributed by atoms with Gasteiger partial charge in [0.15, 0.2) is 0 Å². The first-order valence-corrected chi connectivity index (χ1v) is 9.17. The Hall–Kier alpha value is -2.81. The Morgan fingerprint density at radius 1 is 1.21 bits per heavy atom. The number of aliphatic hydroxyl groups excluding tert-OH is 1. The van der Waals surface area contributed by atoms with Crippen LogP contribution in [0.1, 0.15) is 28.4 Å². The fraction of sp³-hybridized carbons (Fsp3) is 0.350. The number of nitrogens with one attached hydrogen (secondary N) is 1. The predicted octanol–water partition coefficient (Wildman–Crippen LogP) is 2.60. The molecule has 28 heavy (non-hydrogen) atoms. The van der Waals surface area contributed by atoms with E-state index in [1.807, 2.05) is 0 Å². The monoisotopic (exact) mass is 385 g/mol. The van der Waals surface area contributed by atoms with Gasteiger partial charge in [-0.1, -0.05) is 18.2 Å². The number of anilines is 1. The number of morpholine rings is 1. The molecule has 1 amide bonds. The minimum atomic E-state index is -0.579. The molecule has 0 aromatic heterocycles. The number of hydrogen-bond acceptors (Lipinski definition) is 6. The number of benzene rings is 2. The van der Waals surface area contributed by atoms with Crippen LogP contribution in [-0.2, 0) is 4.74 Å². The first-order chi connectivity index (χ1) is 13.5. The van der Waals surface area contributed by atoms with Crippen LogP contribution in [0.4, 0.5) is 11.4 Å². The summed E-state index contributed by atoms with van der Waals surface area (Å²) in [4.78, 5) is 24.8. The molecule has 148 valence electrons. The van der Waals surface area contributed by atoms with Crippen LogP contribution in [0.3, 0.4) is 0 Å². The predicted molar refractivity (Wildman–Crippen MR) is 104 cm³/mol. The van der Waals surface area contributed by atoms with Gasteiger partial charge in [-0.3, -0.25) is 19.8 Å². The van der Waals surface area contributed by atoms with Gasteiger partial charge in [0.25, 0.3) is 11.6 Å².